The van der Waals surface area contributed by atoms with Gasteiger partial charge >= 0.3 is 0 Å². The maximum atomic E-state index is 5.39. The summed E-state index contributed by atoms with van der Waals surface area (Å²) in [5, 5.41) is 6.99. The molecular formula is C12H19N3S. The summed E-state index contributed by atoms with van der Waals surface area (Å²) in [4.78, 5) is 0. The van der Waals surface area contributed by atoms with Crippen molar-refractivity contribution in [2.75, 3.05) is 19.6 Å². The van der Waals surface area contributed by atoms with E-state index in [0.29, 0.717) is 11.7 Å². The monoisotopic (exact) mass is 237 g/mol. The van der Waals surface area contributed by atoms with Crippen LogP contribution in [0.5, 0.6) is 0 Å². The van der Waals surface area contributed by atoms with Gasteiger partial charge in [0.1, 0.15) is 0 Å². The molecule has 0 aliphatic heterocycles. The molecule has 0 bridgehead atoms. The molecule has 0 aliphatic carbocycles. The van der Waals surface area contributed by atoms with Gasteiger partial charge in [-0.15, -0.1) is 0 Å². The number of rotatable bonds is 6. The number of nitrogens with one attached hydrogen (secondary N) is 2. The van der Waals surface area contributed by atoms with E-state index in [0.717, 1.165) is 25.9 Å². The summed E-state index contributed by atoms with van der Waals surface area (Å²) in [6.07, 6.45) is 1.93. The van der Waals surface area contributed by atoms with Crippen molar-refractivity contribution in [3.05, 3.63) is 35.9 Å². The smallest absolute Gasteiger partial charge is 0.166 e. The van der Waals surface area contributed by atoms with Gasteiger partial charge in [-0.1, -0.05) is 30.3 Å². The Kier molecular flexibility index (Phi) is 6.53. The molecule has 0 atom stereocenters. The highest BCUT2D eigenvalue weighted by Gasteiger charge is 1.94. The van der Waals surface area contributed by atoms with Crippen molar-refractivity contribution in [1.82, 2.24) is 10.6 Å². The first-order valence-electron chi connectivity index (χ1n) is 5.58. The molecule has 0 fully saturated rings. The van der Waals surface area contributed by atoms with Gasteiger partial charge in [0.25, 0.3) is 0 Å². The molecule has 0 heterocycles. The zero-order valence-electron chi connectivity index (χ0n) is 9.41. The van der Waals surface area contributed by atoms with E-state index >= 15 is 0 Å². The fraction of sp³-hybridized carbons (Fsp3) is 0.417. The third-order valence-electron chi connectivity index (χ3n) is 2.21. The number of thiocarbonyl (C=S) groups is 1. The van der Waals surface area contributed by atoms with Crippen molar-refractivity contribution < 1.29 is 0 Å². The van der Waals surface area contributed by atoms with E-state index in [1.54, 1.807) is 0 Å². The minimum absolute atomic E-state index is 0.694. The first-order valence-corrected chi connectivity index (χ1v) is 5.99. The van der Waals surface area contributed by atoms with E-state index < -0.39 is 0 Å². The van der Waals surface area contributed by atoms with E-state index in [1.165, 1.54) is 5.56 Å². The third-order valence-corrected chi connectivity index (χ3v) is 2.50. The Morgan fingerprint density at radius 2 is 1.81 bits per heavy atom. The predicted molar refractivity (Wildman–Crippen MR) is 72.4 cm³/mol. The second-order valence-corrected chi connectivity index (χ2v) is 3.97. The minimum atomic E-state index is 0.694. The quantitative estimate of drug-likeness (QED) is 0.511. The zero-order chi connectivity index (χ0) is 11.6. The van der Waals surface area contributed by atoms with Crippen molar-refractivity contribution in [1.29, 1.82) is 0 Å². The SMILES string of the molecule is NCCCNC(=S)NCCc1ccccc1. The molecule has 4 N–H and O–H groups in total. The average Bonchev–Trinajstić information content (AvgIpc) is 2.31. The van der Waals surface area contributed by atoms with Crippen LogP contribution in [-0.4, -0.2) is 24.7 Å². The zero-order valence-corrected chi connectivity index (χ0v) is 10.2. The molecule has 0 spiro atoms. The molecule has 88 valence electrons. The fourth-order valence-electron chi connectivity index (χ4n) is 1.33. The maximum absolute atomic E-state index is 5.39. The predicted octanol–water partition coefficient (Wildman–Crippen LogP) is 1.04. The van der Waals surface area contributed by atoms with Crippen LogP contribution in [0.15, 0.2) is 30.3 Å². The Balaban J connectivity index is 2.09. The van der Waals surface area contributed by atoms with Gasteiger partial charge in [0.05, 0.1) is 0 Å². The van der Waals surface area contributed by atoms with Crippen LogP contribution < -0.4 is 16.4 Å². The molecule has 1 rings (SSSR count). The van der Waals surface area contributed by atoms with Gasteiger partial charge in [-0.2, -0.15) is 0 Å². The Hall–Kier alpha value is -1.13. The van der Waals surface area contributed by atoms with E-state index in [1.807, 2.05) is 18.2 Å². The Morgan fingerprint density at radius 3 is 2.50 bits per heavy atom. The molecule has 0 aromatic heterocycles. The van der Waals surface area contributed by atoms with Gasteiger partial charge in [0.2, 0.25) is 0 Å². The second kappa shape index (κ2) is 8.07. The summed E-state index contributed by atoms with van der Waals surface area (Å²) in [6, 6.07) is 10.4. The molecular weight excluding hydrogens is 218 g/mol. The lowest BCUT2D eigenvalue weighted by Gasteiger charge is -2.09. The van der Waals surface area contributed by atoms with Crippen LogP contribution in [0.3, 0.4) is 0 Å². The van der Waals surface area contributed by atoms with Crippen molar-refractivity contribution in [2.24, 2.45) is 5.73 Å². The van der Waals surface area contributed by atoms with Gasteiger partial charge in [0, 0.05) is 13.1 Å². The summed E-state index contributed by atoms with van der Waals surface area (Å²) in [5.41, 5.74) is 6.71. The third kappa shape index (κ3) is 5.68. The van der Waals surface area contributed by atoms with Gasteiger partial charge in [0.15, 0.2) is 5.11 Å². The topological polar surface area (TPSA) is 50.1 Å². The van der Waals surface area contributed by atoms with E-state index in [4.69, 9.17) is 18.0 Å². The van der Waals surface area contributed by atoms with E-state index in [9.17, 15) is 0 Å². The summed E-state index contributed by atoms with van der Waals surface area (Å²) < 4.78 is 0. The molecule has 0 amide bonds. The van der Waals surface area contributed by atoms with E-state index in [2.05, 4.69) is 22.8 Å². The van der Waals surface area contributed by atoms with Crippen LogP contribution in [0.1, 0.15) is 12.0 Å². The van der Waals surface area contributed by atoms with Crippen molar-refractivity contribution in [3.8, 4) is 0 Å². The second-order valence-electron chi connectivity index (χ2n) is 3.56. The molecule has 0 aliphatic rings. The number of hydrogen-bond donors (Lipinski definition) is 3. The molecule has 0 saturated heterocycles. The molecule has 4 heteroatoms. The number of hydrogen-bond acceptors (Lipinski definition) is 2. The highest BCUT2D eigenvalue weighted by Crippen LogP contribution is 1.97. The van der Waals surface area contributed by atoms with Crippen LogP contribution in [0.2, 0.25) is 0 Å². The standard InChI is InChI=1S/C12H19N3S/c13-8-4-9-14-12(16)15-10-7-11-5-2-1-3-6-11/h1-3,5-6H,4,7-10,13H2,(H2,14,15,16). The van der Waals surface area contributed by atoms with E-state index in [-0.39, 0.29) is 0 Å². The highest BCUT2D eigenvalue weighted by molar-refractivity contribution is 7.80. The van der Waals surface area contributed by atoms with Crippen LogP contribution in [-0.2, 0) is 6.42 Å². The van der Waals surface area contributed by atoms with Crippen molar-refractivity contribution in [3.63, 3.8) is 0 Å². The lowest BCUT2D eigenvalue weighted by Crippen LogP contribution is -2.37. The summed E-state index contributed by atoms with van der Waals surface area (Å²) in [7, 11) is 0. The molecule has 16 heavy (non-hydrogen) atoms. The lowest BCUT2D eigenvalue weighted by molar-refractivity contribution is 0.759. The van der Waals surface area contributed by atoms with Gasteiger partial charge in [-0.25, -0.2) is 0 Å². The van der Waals surface area contributed by atoms with Gasteiger partial charge in [-0.3, -0.25) is 0 Å². The van der Waals surface area contributed by atoms with Crippen LogP contribution in [0.25, 0.3) is 0 Å². The van der Waals surface area contributed by atoms with Crippen molar-refractivity contribution in [2.45, 2.75) is 12.8 Å². The number of nitrogens with two attached hydrogens (primary N) is 1. The molecule has 0 radical (unpaired) electrons. The molecule has 0 saturated carbocycles. The molecule has 0 unspecified atom stereocenters. The Labute approximate surface area is 102 Å². The first-order chi connectivity index (χ1) is 7.83. The Bertz CT molecular complexity index is 300. The lowest BCUT2D eigenvalue weighted by atomic mass is 10.1. The summed E-state index contributed by atoms with van der Waals surface area (Å²) in [5.74, 6) is 0. The first kappa shape index (κ1) is 12.9. The Morgan fingerprint density at radius 1 is 1.12 bits per heavy atom. The van der Waals surface area contributed by atoms with Gasteiger partial charge in [-0.05, 0) is 37.2 Å². The van der Waals surface area contributed by atoms with Gasteiger partial charge < -0.3 is 16.4 Å². The van der Waals surface area contributed by atoms with Crippen LogP contribution in [0, 0.1) is 0 Å². The van der Waals surface area contributed by atoms with Crippen LogP contribution >= 0.6 is 12.2 Å². The molecule has 1 aromatic carbocycles. The average molecular weight is 237 g/mol. The maximum Gasteiger partial charge on any atom is 0.166 e. The molecule has 1 aromatic rings. The van der Waals surface area contributed by atoms with Crippen LogP contribution in [0.4, 0.5) is 0 Å². The van der Waals surface area contributed by atoms with Crippen molar-refractivity contribution >= 4 is 17.3 Å². The minimum Gasteiger partial charge on any atom is -0.363 e. The summed E-state index contributed by atoms with van der Waals surface area (Å²) >= 11 is 5.12. The molecule has 3 nitrogen and oxygen atoms in total. The summed E-state index contributed by atoms with van der Waals surface area (Å²) in [6.45, 7) is 2.39. The fourth-order valence-corrected chi connectivity index (χ4v) is 1.54. The normalized spacial score (nSPS) is 9.81. The highest BCUT2D eigenvalue weighted by atomic mass is 32.1. The largest absolute Gasteiger partial charge is 0.363 e. The number of benzene rings is 1.